The number of alkyl halides is 3. The molecule has 50 valence electrons. The van der Waals surface area contributed by atoms with E-state index in [4.69, 9.17) is 5.73 Å². The van der Waals surface area contributed by atoms with Gasteiger partial charge in [0, 0.05) is 6.54 Å². The van der Waals surface area contributed by atoms with Crippen LogP contribution >= 0.6 is 0 Å². The van der Waals surface area contributed by atoms with Crippen LogP contribution in [-0.4, -0.2) is 12.7 Å². The Labute approximate surface area is 45.7 Å². The molecule has 0 amide bonds. The average molecular weight is 127 g/mol. The second kappa shape index (κ2) is 2.35. The summed E-state index contributed by atoms with van der Waals surface area (Å²) in [5, 5.41) is 0. The molecule has 0 aliphatic rings. The van der Waals surface area contributed by atoms with E-state index in [-0.39, 0.29) is 6.54 Å². The molecule has 8 heavy (non-hydrogen) atoms. The monoisotopic (exact) mass is 127 g/mol. The molecule has 0 saturated heterocycles. The molecule has 0 bridgehead atoms. The van der Waals surface area contributed by atoms with E-state index >= 15 is 0 Å². The molecule has 2 N–H and O–H groups in total. The molecule has 1 unspecified atom stereocenters. The molecular weight excluding hydrogens is 119 g/mol. The first-order valence-corrected chi connectivity index (χ1v) is 2.25. The SMILES string of the molecule is CC(CN)C(F)(F)F. The summed E-state index contributed by atoms with van der Waals surface area (Å²) >= 11 is 0. The summed E-state index contributed by atoms with van der Waals surface area (Å²) in [4.78, 5) is 0. The van der Waals surface area contributed by atoms with Crippen LogP contribution in [0, 0.1) is 5.92 Å². The number of hydrogen-bond donors (Lipinski definition) is 1. The zero-order chi connectivity index (χ0) is 6.78. The van der Waals surface area contributed by atoms with Crippen molar-refractivity contribution in [2.45, 2.75) is 13.1 Å². The molecule has 0 radical (unpaired) electrons. The predicted molar refractivity (Wildman–Crippen MR) is 24.3 cm³/mol. The predicted octanol–water partition coefficient (Wildman–Crippen LogP) is 1.14. The quantitative estimate of drug-likeness (QED) is 0.561. The number of nitrogens with two attached hydrogens (primary N) is 1. The van der Waals surface area contributed by atoms with E-state index < -0.39 is 12.1 Å². The summed E-state index contributed by atoms with van der Waals surface area (Å²) in [5.41, 5.74) is 4.74. The van der Waals surface area contributed by atoms with Gasteiger partial charge in [0.05, 0.1) is 5.92 Å². The summed E-state index contributed by atoms with van der Waals surface area (Å²) in [7, 11) is 0. The van der Waals surface area contributed by atoms with Crippen molar-refractivity contribution in [3.05, 3.63) is 0 Å². The third-order valence-electron chi connectivity index (χ3n) is 0.912. The van der Waals surface area contributed by atoms with Crippen LogP contribution in [0.2, 0.25) is 0 Å². The van der Waals surface area contributed by atoms with E-state index in [9.17, 15) is 13.2 Å². The summed E-state index contributed by atoms with van der Waals surface area (Å²) < 4.78 is 34.1. The first kappa shape index (κ1) is 7.75. The highest BCUT2D eigenvalue weighted by molar-refractivity contribution is 4.60. The van der Waals surface area contributed by atoms with Gasteiger partial charge in [-0.3, -0.25) is 0 Å². The molecule has 0 fully saturated rings. The topological polar surface area (TPSA) is 26.0 Å². The minimum atomic E-state index is -4.12. The molecule has 0 aliphatic heterocycles. The Kier molecular flexibility index (Phi) is 2.27. The van der Waals surface area contributed by atoms with E-state index in [2.05, 4.69) is 0 Å². The highest BCUT2D eigenvalue weighted by Gasteiger charge is 2.34. The molecule has 4 heteroatoms. The van der Waals surface area contributed by atoms with Crippen molar-refractivity contribution in [3.8, 4) is 0 Å². The molecular formula is C4H8F3N. The van der Waals surface area contributed by atoms with E-state index in [1.807, 2.05) is 0 Å². The summed E-state index contributed by atoms with van der Waals surface area (Å²) in [6.07, 6.45) is -4.12. The first-order chi connectivity index (χ1) is 3.48. The fourth-order valence-corrected chi connectivity index (χ4v) is 0.134. The van der Waals surface area contributed by atoms with Crippen molar-refractivity contribution in [3.63, 3.8) is 0 Å². The smallest absolute Gasteiger partial charge is 0.330 e. The second-order valence-electron chi connectivity index (χ2n) is 1.68. The minimum absolute atomic E-state index is 0.330. The molecule has 1 nitrogen and oxygen atoms in total. The Morgan fingerprint density at radius 1 is 1.50 bits per heavy atom. The largest absolute Gasteiger partial charge is 0.392 e. The number of hydrogen-bond acceptors (Lipinski definition) is 1. The fourth-order valence-electron chi connectivity index (χ4n) is 0.134. The average Bonchev–Trinajstić information content (AvgIpc) is 1.62. The number of rotatable bonds is 1. The standard InChI is InChI=1S/C4H8F3N/c1-3(2-8)4(5,6)7/h3H,2,8H2,1H3. The maximum atomic E-state index is 11.4. The van der Waals surface area contributed by atoms with E-state index in [1.165, 1.54) is 0 Å². The van der Waals surface area contributed by atoms with Crippen molar-refractivity contribution < 1.29 is 13.2 Å². The zero-order valence-corrected chi connectivity index (χ0v) is 4.50. The van der Waals surface area contributed by atoms with Gasteiger partial charge < -0.3 is 5.73 Å². The Hall–Kier alpha value is -0.250. The highest BCUT2D eigenvalue weighted by Crippen LogP contribution is 2.23. The molecule has 0 heterocycles. The third kappa shape index (κ3) is 2.16. The van der Waals surface area contributed by atoms with Crippen molar-refractivity contribution in [1.29, 1.82) is 0 Å². The van der Waals surface area contributed by atoms with Gasteiger partial charge in [0.1, 0.15) is 0 Å². The normalized spacial score (nSPS) is 16.1. The summed E-state index contributed by atoms with van der Waals surface area (Å²) in [6.45, 7) is 0.726. The Balaban J connectivity index is 3.62. The molecule has 0 aromatic heterocycles. The van der Waals surface area contributed by atoms with Crippen LogP contribution in [0.25, 0.3) is 0 Å². The van der Waals surface area contributed by atoms with Crippen molar-refractivity contribution in [2.75, 3.05) is 6.54 Å². The van der Waals surface area contributed by atoms with Gasteiger partial charge >= 0.3 is 6.18 Å². The maximum Gasteiger partial charge on any atom is 0.392 e. The van der Waals surface area contributed by atoms with Crippen LogP contribution in [-0.2, 0) is 0 Å². The molecule has 0 aliphatic carbocycles. The van der Waals surface area contributed by atoms with Crippen LogP contribution in [0.3, 0.4) is 0 Å². The lowest BCUT2D eigenvalue weighted by Gasteiger charge is -2.11. The van der Waals surface area contributed by atoms with Crippen molar-refractivity contribution in [1.82, 2.24) is 0 Å². The van der Waals surface area contributed by atoms with Crippen LogP contribution in [0.4, 0.5) is 13.2 Å². The zero-order valence-electron chi connectivity index (χ0n) is 4.50. The van der Waals surface area contributed by atoms with E-state index in [0.29, 0.717) is 0 Å². The second-order valence-corrected chi connectivity index (χ2v) is 1.68. The molecule has 0 aromatic carbocycles. The van der Waals surface area contributed by atoms with Gasteiger partial charge in [-0.15, -0.1) is 0 Å². The lowest BCUT2D eigenvalue weighted by atomic mass is 10.2. The summed E-state index contributed by atoms with van der Waals surface area (Å²) in [6, 6.07) is 0. The van der Waals surface area contributed by atoms with Crippen LogP contribution in [0.15, 0.2) is 0 Å². The third-order valence-corrected chi connectivity index (χ3v) is 0.912. The molecule has 0 saturated carbocycles. The van der Waals surface area contributed by atoms with Crippen molar-refractivity contribution in [2.24, 2.45) is 11.7 Å². The van der Waals surface area contributed by atoms with Gasteiger partial charge in [-0.05, 0) is 0 Å². The first-order valence-electron chi connectivity index (χ1n) is 2.25. The Bertz CT molecular complexity index is 68.2. The summed E-state index contributed by atoms with van der Waals surface area (Å²) in [5.74, 6) is -1.37. The van der Waals surface area contributed by atoms with Crippen LogP contribution < -0.4 is 5.73 Å². The molecule has 0 spiro atoms. The van der Waals surface area contributed by atoms with Gasteiger partial charge in [-0.1, -0.05) is 6.92 Å². The molecule has 0 aromatic rings. The highest BCUT2D eigenvalue weighted by atomic mass is 19.4. The minimum Gasteiger partial charge on any atom is -0.330 e. The molecule has 0 rings (SSSR count). The number of halogens is 3. The van der Waals surface area contributed by atoms with Crippen LogP contribution in [0.1, 0.15) is 6.92 Å². The lowest BCUT2D eigenvalue weighted by Crippen LogP contribution is -2.27. The van der Waals surface area contributed by atoms with E-state index in [0.717, 1.165) is 6.92 Å². The van der Waals surface area contributed by atoms with Gasteiger partial charge in [-0.25, -0.2) is 0 Å². The maximum absolute atomic E-state index is 11.4. The van der Waals surface area contributed by atoms with Gasteiger partial charge in [0.25, 0.3) is 0 Å². The van der Waals surface area contributed by atoms with Gasteiger partial charge in [-0.2, -0.15) is 13.2 Å². The van der Waals surface area contributed by atoms with Gasteiger partial charge in [0.15, 0.2) is 0 Å². The van der Waals surface area contributed by atoms with E-state index in [1.54, 1.807) is 0 Å². The lowest BCUT2D eigenvalue weighted by molar-refractivity contribution is -0.166. The Morgan fingerprint density at radius 3 is 1.88 bits per heavy atom. The van der Waals surface area contributed by atoms with Crippen LogP contribution in [0.5, 0.6) is 0 Å². The van der Waals surface area contributed by atoms with Gasteiger partial charge in [0.2, 0.25) is 0 Å². The Morgan fingerprint density at radius 2 is 1.88 bits per heavy atom. The molecule has 1 atom stereocenters. The fraction of sp³-hybridized carbons (Fsp3) is 1.00. The van der Waals surface area contributed by atoms with Crippen molar-refractivity contribution >= 4 is 0 Å².